The first-order chi connectivity index (χ1) is 10.1. The van der Waals surface area contributed by atoms with Crippen LogP contribution in [-0.4, -0.2) is 23.2 Å². The van der Waals surface area contributed by atoms with Crippen LogP contribution < -0.4 is 10.6 Å². The van der Waals surface area contributed by atoms with Gasteiger partial charge in [0.25, 0.3) is 0 Å². The molecule has 0 radical (unpaired) electrons. The summed E-state index contributed by atoms with van der Waals surface area (Å²) in [5.41, 5.74) is 1.31. The third kappa shape index (κ3) is 5.71. The van der Waals surface area contributed by atoms with Crippen LogP contribution in [-0.2, 0) is 11.3 Å². The van der Waals surface area contributed by atoms with E-state index in [4.69, 9.17) is 0 Å². The normalized spacial score (nSPS) is 17.3. The van der Waals surface area contributed by atoms with Crippen LogP contribution in [0.1, 0.15) is 45.6 Å². The predicted molar refractivity (Wildman–Crippen MR) is 89.5 cm³/mol. The van der Waals surface area contributed by atoms with Crippen molar-refractivity contribution in [2.24, 2.45) is 0 Å². The van der Waals surface area contributed by atoms with Crippen molar-refractivity contribution in [2.45, 2.75) is 68.8 Å². The van der Waals surface area contributed by atoms with Gasteiger partial charge < -0.3 is 10.6 Å². The predicted octanol–water partition coefficient (Wildman–Crippen LogP) is 3.33. The molecule has 21 heavy (non-hydrogen) atoms. The minimum Gasteiger partial charge on any atom is -0.353 e. The molecular formula is C17H26N2OS. The Kier molecular flexibility index (Phi) is 6.12. The maximum Gasteiger partial charge on any atom is 0.233 e. The number of hydrogen-bond donors (Lipinski definition) is 2. The molecule has 4 heteroatoms. The Labute approximate surface area is 132 Å². The summed E-state index contributed by atoms with van der Waals surface area (Å²) in [6.45, 7) is 7.03. The van der Waals surface area contributed by atoms with Crippen LogP contribution >= 0.6 is 11.8 Å². The van der Waals surface area contributed by atoms with Crippen molar-refractivity contribution in [1.29, 1.82) is 0 Å². The van der Waals surface area contributed by atoms with E-state index in [1.807, 2.05) is 13.8 Å². The molecule has 0 aliphatic heterocycles. The third-order valence-electron chi connectivity index (χ3n) is 3.78. The van der Waals surface area contributed by atoms with E-state index in [2.05, 4.69) is 41.8 Å². The summed E-state index contributed by atoms with van der Waals surface area (Å²) >= 11 is 1.62. The van der Waals surface area contributed by atoms with Gasteiger partial charge in [0.2, 0.25) is 5.91 Å². The fourth-order valence-corrected chi connectivity index (χ4v) is 2.83. The Balaban J connectivity index is 1.79. The second kappa shape index (κ2) is 7.85. The lowest BCUT2D eigenvalue weighted by atomic mass is 10.2. The third-order valence-corrected chi connectivity index (χ3v) is 4.89. The molecule has 2 N–H and O–H groups in total. The van der Waals surface area contributed by atoms with Crippen LogP contribution in [0.15, 0.2) is 29.2 Å². The molecule has 116 valence electrons. The molecule has 0 saturated heterocycles. The van der Waals surface area contributed by atoms with Crippen molar-refractivity contribution in [3.63, 3.8) is 0 Å². The van der Waals surface area contributed by atoms with Gasteiger partial charge in [-0.1, -0.05) is 19.1 Å². The zero-order chi connectivity index (χ0) is 15.2. The van der Waals surface area contributed by atoms with Gasteiger partial charge in [-0.05, 0) is 50.8 Å². The molecule has 3 nitrogen and oxygen atoms in total. The quantitative estimate of drug-likeness (QED) is 0.724. The molecule has 0 heterocycles. The van der Waals surface area contributed by atoms with Gasteiger partial charge in [-0.15, -0.1) is 11.8 Å². The van der Waals surface area contributed by atoms with Crippen molar-refractivity contribution < 1.29 is 4.79 Å². The van der Waals surface area contributed by atoms with Crippen molar-refractivity contribution in [1.82, 2.24) is 10.6 Å². The molecule has 0 bridgehead atoms. The molecule has 2 rings (SSSR count). The number of carbonyl (C=O) groups excluding carboxylic acids is 1. The Hall–Kier alpha value is -1.00. The van der Waals surface area contributed by atoms with Crippen molar-refractivity contribution in [2.75, 3.05) is 0 Å². The highest BCUT2D eigenvalue weighted by Gasteiger charge is 2.20. The molecule has 0 spiro atoms. The van der Waals surface area contributed by atoms with E-state index in [0.717, 1.165) is 23.9 Å². The van der Waals surface area contributed by atoms with Gasteiger partial charge in [0, 0.05) is 23.5 Å². The van der Waals surface area contributed by atoms with Crippen LogP contribution in [0, 0.1) is 0 Å². The van der Waals surface area contributed by atoms with Gasteiger partial charge in [0.1, 0.15) is 0 Å². The standard InChI is InChI=1S/C17H26N2OS/c1-4-12(2)19-17(20)13(3)21-16-9-5-14(6-10-16)11-18-15-7-8-15/h5-6,9-10,12-13,15,18H,4,7-8,11H2,1-3H3,(H,19,20). The van der Waals surface area contributed by atoms with E-state index >= 15 is 0 Å². The first kappa shape index (κ1) is 16.4. The first-order valence-electron chi connectivity index (χ1n) is 7.88. The minimum absolute atomic E-state index is 0.0607. The van der Waals surface area contributed by atoms with Crippen LogP contribution in [0.5, 0.6) is 0 Å². The summed E-state index contributed by atoms with van der Waals surface area (Å²) in [7, 11) is 0. The number of nitrogens with one attached hydrogen (secondary N) is 2. The lowest BCUT2D eigenvalue weighted by Crippen LogP contribution is -2.37. The molecule has 1 aromatic rings. The smallest absolute Gasteiger partial charge is 0.233 e. The van der Waals surface area contributed by atoms with Gasteiger partial charge in [0.05, 0.1) is 5.25 Å². The highest BCUT2D eigenvalue weighted by Crippen LogP contribution is 2.24. The zero-order valence-electron chi connectivity index (χ0n) is 13.2. The van der Waals surface area contributed by atoms with E-state index in [1.165, 1.54) is 18.4 Å². The maximum absolute atomic E-state index is 12.0. The summed E-state index contributed by atoms with van der Waals surface area (Å²) in [6.07, 6.45) is 3.60. The first-order valence-corrected chi connectivity index (χ1v) is 8.75. The van der Waals surface area contributed by atoms with E-state index < -0.39 is 0 Å². The lowest BCUT2D eigenvalue weighted by molar-refractivity contribution is -0.120. The van der Waals surface area contributed by atoms with Gasteiger partial charge in [-0.25, -0.2) is 0 Å². The van der Waals surface area contributed by atoms with Crippen LogP contribution in [0.2, 0.25) is 0 Å². The lowest BCUT2D eigenvalue weighted by Gasteiger charge is -2.16. The van der Waals surface area contributed by atoms with E-state index in [1.54, 1.807) is 11.8 Å². The molecule has 1 fully saturated rings. The number of thioether (sulfide) groups is 1. The number of carbonyl (C=O) groups is 1. The SMILES string of the molecule is CCC(C)NC(=O)C(C)Sc1ccc(CNC2CC2)cc1. The molecular weight excluding hydrogens is 280 g/mol. The summed E-state index contributed by atoms with van der Waals surface area (Å²) in [4.78, 5) is 13.2. The summed E-state index contributed by atoms with van der Waals surface area (Å²) in [6, 6.07) is 9.51. The summed E-state index contributed by atoms with van der Waals surface area (Å²) in [5, 5.41) is 6.48. The van der Waals surface area contributed by atoms with E-state index in [0.29, 0.717) is 0 Å². The molecule has 1 amide bonds. The Morgan fingerprint density at radius 3 is 2.52 bits per heavy atom. The molecule has 1 saturated carbocycles. The van der Waals surface area contributed by atoms with Crippen molar-refractivity contribution >= 4 is 17.7 Å². The number of hydrogen-bond acceptors (Lipinski definition) is 3. The zero-order valence-corrected chi connectivity index (χ0v) is 14.0. The number of benzene rings is 1. The maximum atomic E-state index is 12.0. The molecule has 1 aliphatic carbocycles. The Bertz CT molecular complexity index is 456. The fraction of sp³-hybridized carbons (Fsp3) is 0.588. The summed E-state index contributed by atoms with van der Waals surface area (Å²) < 4.78 is 0. The molecule has 1 aromatic carbocycles. The van der Waals surface area contributed by atoms with Crippen LogP contribution in [0.3, 0.4) is 0 Å². The molecule has 2 atom stereocenters. The van der Waals surface area contributed by atoms with Gasteiger partial charge >= 0.3 is 0 Å². The average Bonchev–Trinajstić information content (AvgIpc) is 3.30. The van der Waals surface area contributed by atoms with Gasteiger partial charge in [-0.2, -0.15) is 0 Å². The van der Waals surface area contributed by atoms with Gasteiger partial charge in [-0.3, -0.25) is 4.79 Å². The number of rotatable bonds is 8. The largest absolute Gasteiger partial charge is 0.353 e. The molecule has 2 unspecified atom stereocenters. The second-order valence-electron chi connectivity index (χ2n) is 5.88. The Morgan fingerprint density at radius 2 is 1.95 bits per heavy atom. The van der Waals surface area contributed by atoms with E-state index in [-0.39, 0.29) is 17.2 Å². The highest BCUT2D eigenvalue weighted by atomic mass is 32.2. The monoisotopic (exact) mass is 306 g/mol. The fourth-order valence-electron chi connectivity index (χ4n) is 1.96. The van der Waals surface area contributed by atoms with Crippen molar-refractivity contribution in [3.8, 4) is 0 Å². The van der Waals surface area contributed by atoms with E-state index in [9.17, 15) is 4.79 Å². The molecule has 0 aromatic heterocycles. The highest BCUT2D eigenvalue weighted by molar-refractivity contribution is 8.00. The van der Waals surface area contributed by atoms with Crippen molar-refractivity contribution in [3.05, 3.63) is 29.8 Å². The topological polar surface area (TPSA) is 41.1 Å². The van der Waals surface area contributed by atoms with Crippen LogP contribution in [0.25, 0.3) is 0 Å². The van der Waals surface area contributed by atoms with Gasteiger partial charge in [0.15, 0.2) is 0 Å². The summed E-state index contributed by atoms with van der Waals surface area (Å²) in [5.74, 6) is 0.119. The second-order valence-corrected chi connectivity index (χ2v) is 7.29. The minimum atomic E-state index is -0.0607. The average molecular weight is 306 g/mol. The molecule has 1 aliphatic rings. The Morgan fingerprint density at radius 1 is 1.29 bits per heavy atom. The number of amides is 1. The van der Waals surface area contributed by atoms with Crippen LogP contribution in [0.4, 0.5) is 0 Å².